The van der Waals surface area contributed by atoms with E-state index in [0.29, 0.717) is 0 Å². The molecule has 14 heavy (non-hydrogen) atoms. The van der Waals surface area contributed by atoms with Crippen molar-refractivity contribution in [2.45, 2.75) is 0 Å². The zero-order valence-corrected chi connectivity index (χ0v) is 8.51. The van der Waals surface area contributed by atoms with Crippen molar-refractivity contribution in [1.29, 1.82) is 0 Å². The topological polar surface area (TPSA) is 29.5 Å². The molecule has 0 fully saturated rings. The molecule has 0 aliphatic heterocycles. The number of hydrogen-bond donors (Lipinski definition) is 0. The van der Waals surface area contributed by atoms with Gasteiger partial charge in [0.25, 0.3) is 5.91 Å². The molecule has 1 amide bonds. The standard InChI is InChI=1S/C9H9ClFNO2/c1-12(14-2)9(13)6-3-4-8(11)7(10)5-6/h3-5H,1-2H3. The molecule has 0 bridgehead atoms. The number of hydroxylamine groups is 2. The highest BCUT2D eigenvalue weighted by molar-refractivity contribution is 6.31. The Labute approximate surface area is 86.0 Å². The largest absolute Gasteiger partial charge is 0.277 e. The van der Waals surface area contributed by atoms with Gasteiger partial charge in [0.05, 0.1) is 12.1 Å². The quantitative estimate of drug-likeness (QED) is 0.711. The lowest BCUT2D eigenvalue weighted by Crippen LogP contribution is -2.25. The van der Waals surface area contributed by atoms with Gasteiger partial charge in [-0.1, -0.05) is 11.6 Å². The average molecular weight is 218 g/mol. The van der Waals surface area contributed by atoms with Crippen molar-refractivity contribution in [3.8, 4) is 0 Å². The van der Waals surface area contributed by atoms with E-state index in [-0.39, 0.29) is 16.5 Å². The van der Waals surface area contributed by atoms with Crippen LogP contribution in [0.3, 0.4) is 0 Å². The lowest BCUT2D eigenvalue weighted by molar-refractivity contribution is -0.0757. The molecule has 0 unspecified atom stereocenters. The molecule has 0 aliphatic rings. The zero-order chi connectivity index (χ0) is 10.7. The molecular weight excluding hydrogens is 209 g/mol. The van der Waals surface area contributed by atoms with Crippen LogP contribution in [-0.4, -0.2) is 25.1 Å². The summed E-state index contributed by atoms with van der Waals surface area (Å²) in [5.41, 5.74) is 0.278. The Bertz CT molecular complexity index is 357. The molecule has 0 aromatic heterocycles. The predicted octanol–water partition coefficient (Wildman–Crippen LogP) is 2.11. The fourth-order valence-corrected chi connectivity index (χ4v) is 1.07. The van der Waals surface area contributed by atoms with Crippen molar-refractivity contribution in [2.24, 2.45) is 0 Å². The molecule has 0 saturated carbocycles. The highest BCUT2D eigenvalue weighted by atomic mass is 35.5. The SMILES string of the molecule is CON(C)C(=O)c1ccc(F)c(Cl)c1. The minimum Gasteiger partial charge on any atom is -0.274 e. The van der Waals surface area contributed by atoms with Gasteiger partial charge < -0.3 is 0 Å². The summed E-state index contributed by atoms with van der Waals surface area (Å²) >= 11 is 5.52. The minimum absolute atomic E-state index is 0.0830. The maximum Gasteiger partial charge on any atom is 0.277 e. The second kappa shape index (κ2) is 4.39. The monoisotopic (exact) mass is 217 g/mol. The molecule has 76 valence electrons. The second-order valence-corrected chi connectivity index (χ2v) is 3.02. The minimum atomic E-state index is -0.553. The highest BCUT2D eigenvalue weighted by Gasteiger charge is 2.12. The van der Waals surface area contributed by atoms with Crippen molar-refractivity contribution in [3.05, 3.63) is 34.6 Å². The van der Waals surface area contributed by atoms with Crippen molar-refractivity contribution >= 4 is 17.5 Å². The Kier molecular flexibility index (Phi) is 3.43. The van der Waals surface area contributed by atoms with E-state index in [4.69, 9.17) is 11.6 Å². The summed E-state index contributed by atoms with van der Waals surface area (Å²) in [4.78, 5) is 16.1. The van der Waals surface area contributed by atoms with E-state index in [1.165, 1.54) is 26.3 Å². The third-order valence-corrected chi connectivity index (χ3v) is 2.02. The number of carbonyl (C=O) groups is 1. The van der Waals surface area contributed by atoms with Crippen LogP contribution < -0.4 is 0 Å². The molecule has 1 rings (SSSR count). The number of carbonyl (C=O) groups excluding carboxylic acids is 1. The first-order valence-corrected chi connectivity index (χ1v) is 4.21. The van der Waals surface area contributed by atoms with Crippen LogP contribution >= 0.6 is 11.6 Å². The van der Waals surface area contributed by atoms with Crippen molar-refractivity contribution in [2.75, 3.05) is 14.2 Å². The molecule has 3 nitrogen and oxygen atoms in total. The Morgan fingerprint density at radius 3 is 2.71 bits per heavy atom. The molecule has 5 heteroatoms. The molecule has 0 heterocycles. The van der Waals surface area contributed by atoms with Crippen LogP contribution in [-0.2, 0) is 4.84 Å². The number of nitrogens with zero attached hydrogens (tertiary/aromatic N) is 1. The van der Waals surface area contributed by atoms with E-state index in [0.717, 1.165) is 11.1 Å². The highest BCUT2D eigenvalue weighted by Crippen LogP contribution is 2.16. The molecular formula is C9H9ClFNO2. The molecule has 0 atom stereocenters. The van der Waals surface area contributed by atoms with Crippen LogP contribution in [0.1, 0.15) is 10.4 Å². The second-order valence-electron chi connectivity index (χ2n) is 2.61. The van der Waals surface area contributed by atoms with Crippen molar-refractivity contribution in [1.82, 2.24) is 5.06 Å². The summed E-state index contributed by atoms with van der Waals surface area (Å²) in [5, 5.41) is 0.948. The number of hydrogen-bond acceptors (Lipinski definition) is 2. The molecule has 0 spiro atoms. The van der Waals surface area contributed by atoms with Gasteiger partial charge in [-0.15, -0.1) is 0 Å². The van der Waals surface area contributed by atoms with E-state index in [2.05, 4.69) is 4.84 Å². The molecule has 0 saturated heterocycles. The van der Waals surface area contributed by atoms with Gasteiger partial charge in [0.2, 0.25) is 0 Å². The van der Waals surface area contributed by atoms with Gasteiger partial charge in [-0.3, -0.25) is 9.63 Å². The lowest BCUT2D eigenvalue weighted by atomic mass is 10.2. The van der Waals surface area contributed by atoms with Gasteiger partial charge in [-0.2, -0.15) is 0 Å². The van der Waals surface area contributed by atoms with Crippen molar-refractivity contribution in [3.63, 3.8) is 0 Å². The number of benzene rings is 1. The smallest absolute Gasteiger partial charge is 0.274 e. The molecule has 0 aliphatic carbocycles. The van der Waals surface area contributed by atoms with Crippen LogP contribution in [0.2, 0.25) is 5.02 Å². The summed E-state index contributed by atoms with van der Waals surface area (Å²) in [6, 6.07) is 3.74. The van der Waals surface area contributed by atoms with Crippen LogP contribution in [0.25, 0.3) is 0 Å². The summed E-state index contributed by atoms with van der Waals surface area (Å²) in [5.74, 6) is -0.933. The maximum absolute atomic E-state index is 12.8. The Morgan fingerprint density at radius 1 is 1.57 bits per heavy atom. The van der Waals surface area contributed by atoms with Gasteiger partial charge >= 0.3 is 0 Å². The lowest BCUT2D eigenvalue weighted by Gasteiger charge is -2.13. The van der Waals surface area contributed by atoms with E-state index in [1.807, 2.05) is 0 Å². The molecule has 0 radical (unpaired) electrons. The normalized spacial score (nSPS) is 10.0. The van der Waals surface area contributed by atoms with Gasteiger partial charge in [0, 0.05) is 12.6 Å². The van der Waals surface area contributed by atoms with Crippen LogP contribution in [0, 0.1) is 5.82 Å². The maximum atomic E-state index is 12.8. The number of rotatable bonds is 2. The Hall–Kier alpha value is -1.13. The predicted molar refractivity (Wildman–Crippen MR) is 50.5 cm³/mol. The first-order valence-electron chi connectivity index (χ1n) is 3.83. The number of amides is 1. The third-order valence-electron chi connectivity index (χ3n) is 1.73. The summed E-state index contributed by atoms with van der Waals surface area (Å²) in [6.07, 6.45) is 0. The number of halogens is 2. The Balaban J connectivity index is 2.97. The van der Waals surface area contributed by atoms with Crippen LogP contribution in [0.5, 0.6) is 0 Å². The molecule has 1 aromatic carbocycles. The van der Waals surface area contributed by atoms with E-state index < -0.39 is 5.82 Å². The van der Waals surface area contributed by atoms with E-state index >= 15 is 0 Å². The first-order chi connectivity index (χ1) is 6.56. The average Bonchev–Trinajstić information content (AvgIpc) is 2.20. The van der Waals surface area contributed by atoms with Crippen molar-refractivity contribution < 1.29 is 14.0 Å². The van der Waals surface area contributed by atoms with Gasteiger partial charge in [-0.05, 0) is 18.2 Å². The third kappa shape index (κ3) is 2.21. The first kappa shape index (κ1) is 10.9. The Morgan fingerprint density at radius 2 is 2.21 bits per heavy atom. The fraction of sp³-hybridized carbons (Fsp3) is 0.222. The van der Waals surface area contributed by atoms with E-state index in [1.54, 1.807) is 0 Å². The molecule has 1 aromatic rings. The van der Waals surface area contributed by atoms with Gasteiger partial charge in [0.1, 0.15) is 5.82 Å². The van der Waals surface area contributed by atoms with Gasteiger partial charge in [-0.25, -0.2) is 9.45 Å². The van der Waals surface area contributed by atoms with Crippen LogP contribution in [0.4, 0.5) is 4.39 Å². The zero-order valence-electron chi connectivity index (χ0n) is 7.75. The van der Waals surface area contributed by atoms with Crippen LogP contribution in [0.15, 0.2) is 18.2 Å². The van der Waals surface area contributed by atoms with Gasteiger partial charge in [0.15, 0.2) is 0 Å². The van der Waals surface area contributed by atoms with E-state index in [9.17, 15) is 9.18 Å². The summed E-state index contributed by atoms with van der Waals surface area (Å²) in [7, 11) is 2.82. The molecule has 0 N–H and O–H groups in total. The fourth-order valence-electron chi connectivity index (χ4n) is 0.894. The summed E-state index contributed by atoms with van der Waals surface area (Å²) in [6.45, 7) is 0. The summed E-state index contributed by atoms with van der Waals surface area (Å²) < 4.78 is 12.8.